The Morgan fingerprint density at radius 1 is 0.929 bits per heavy atom. The summed E-state index contributed by atoms with van der Waals surface area (Å²) < 4.78 is 11.9. The number of nitrogens with one attached hydrogen (secondary N) is 1. The molecular weight excluding hydrogens is 378 g/mol. The first-order valence-corrected chi connectivity index (χ1v) is 8.93. The van der Waals surface area contributed by atoms with E-state index in [9.17, 15) is 15.0 Å². The summed E-state index contributed by atoms with van der Waals surface area (Å²) in [4.78, 5) is 12.9. The van der Waals surface area contributed by atoms with Gasteiger partial charge in [-0.2, -0.15) is 0 Å². The van der Waals surface area contributed by atoms with E-state index < -0.39 is 11.6 Å². The molecule has 5 rings (SSSR count). The van der Waals surface area contributed by atoms with Crippen molar-refractivity contribution < 1.29 is 24.5 Å². The van der Waals surface area contributed by atoms with E-state index in [2.05, 4.69) is 5.32 Å². The number of carbonyl (C=O) groups excluding carboxylic acids is 1. The number of hydrogen-bond acceptors (Lipinski definition) is 6. The monoisotopic (exact) mass is 391 g/mol. The van der Waals surface area contributed by atoms with Crippen molar-refractivity contribution in [3.05, 3.63) is 76.9 Å². The molecule has 3 aromatic rings. The van der Waals surface area contributed by atoms with Crippen LogP contribution in [0.2, 0.25) is 0 Å². The Bertz CT molecular complexity index is 1120. The van der Waals surface area contributed by atoms with Gasteiger partial charge in [0.15, 0.2) is 5.60 Å². The van der Waals surface area contributed by atoms with Gasteiger partial charge in [0.25, 0.3) is 0 Å². The number of carbonyl (C=O) groups is 1. The number of phenolic OH excluding ortho intramolecular Hbond substituents is 2. The number of anilines is 1. The minimum atomic E-state index is -1.27. The minimum Gasteiger partial charge on any atom is -0.508 e. The van der Waals surface area contributed by atoms with Crippen LogP contribution in [0, 0.1) is 0 Å². The first kappa shape index (κ1) is 16.6. The average molecular weight is 391 g/mol. The summed E-state index contributed by atoms with van der Waals surface area (Å²) in [5.41, 5.74) is 2.77. The number of phenols is 2. The van der Waals surface area contributed by atoms with Crippen LogP contribution >= 0.6 is 12.2 Å². The van der Waals surface area contributed by atoms with E-state index >= 15 is 0 Å². The van der Waals surface area contributed by atoms with Gasteiger partial charge in [0, 0.05) is 28.8 Å². The molecule has 3 N–H and O–H groups in total. The average Bonchev–Trinajstić information content (AvgIpc) is 2.96. The zero-order valence-electron chi connectivity index (χ0n) is 14.3. The number of thiocarbonyl (C=S) groups is 1. The predicted molar refractivity (Wildman–Crippen MR) is 105 cm³/mol. The third kappa shape index (κ3) is 2.07. The van der Waals surface area contributed by atoms with Crippen molar-refractivity contribution in [3.63, 3.8) is 0 Å². The fourth-order valence-electron chi connectivity index (χ4n) is 3.93. The molecular formula is C21H13NO5S. The van der Waals surface area contributed by atoms with Gasteiger partial charge in [-0.3, -0.25) is 0 Å². The predicted octanol–water partition coefficient (Wildman–Crippen LogP) is 4.03. The molecule has 2 heterocycles. The molecule has 0 fully saturated rings. The second-order valence-corrected chi connectivity index (χ2v) is 6.76. The van der Waals surface area contributed by atoms with Crippen molar-refractivity contribution in [1.29, 1.82) is 0 Å². The highest BCUT2D eigenvalue weighted by Crippen LogP contribution is 2.57. The number of hydrogen-bond donors (Lipinski definition) is 3. The molecule has 0 saturated heterocycles. The summed E-state index contributed by atoms with van der Waals surface area (Å²) in [6.45, 7) is 0. The highest BCUT2D eigenvalue weighted by molar-refractivity contribution is 7.79. The van der Waals surface area contributed by atoms with Gasteiger partial charge in [-0.05, 0) is 30.3 Å². The van der Waals surface area contributed by atoms with Gasteiger partial charge in [-0.25, -0.2) is 4.79 Å². The van der Waals surface area contributed by atoms with Gasteiger partial charge in [-0.1, -0.05) is 24.4 Å². The van der Waals surface area contributed by atoms with Gasteiger partial charge in [0.2, 0.25) is 0 Å². The van der Waals surface area contributed by atoms with E-state index in [0.29, 0.717) is 39.4 Å². The second-order valence-electron chi connectivity index (χ2n) is 6.52. The largest absolute Gasteiger partial charge is 0.508 e. The Kier molecular flexibility index (Phi) is 3.38. The van der Waals surface area contributed by atoms with Crippen molar-refractivity contribution in [2.45, 2.75) is 5.60 Å². The third-order valence-corrected chi connectivity index (χ3v) is 5.13. The number of ether oxygens (including phenoxy) is 2. The second kappa shape index (κ2) is 5.71. The summed E-state index contributed by atoms with van der Waals surface area (Å²) in [6, 6.07) is 14.6. The zero-order chi connectivity index (χ0) is 19.5. The van der Waals surface area contributed by atoms with Crippen molar-refractivity contribution in [1.82, 2.24) is 0 Å². The fraction of sp³-hybridized carbons (Fsp3) is 0.0476. The van der Waals surface area contributed by atoms with Gasteiger partial charge in [-0.15, -0.1) is 0 Å². The quantitative estimate of drug-likeness (QED) is 0.449. The van der Waals surface area contributed by atoms with Crippen molar-refractivity contribution >= 4 is 29.4 Å². The molecule has 1 spiro atoms. The lowest BCUT2D eigenvalue weighted by Gasteiger charge is -2.36. The highest BCUT2D eigenvalue weighted by atomic mass is 32.1. The van der Waals surface area contributed by atoms with Crippen LogP contribution in [-0.4, -0.2) is 21.7 Å². The van der Waals surface area contributed by atoms with Crippen molar-refractivity contribution in [2.24, 2.45) is 0 Å². The lowest BCUT2D eigenvalue weighted by Crippen LogP contribution is -2.32. The Morgan fingerprint density at radius 2 is 1.57 bits per heavy atom. The molecule has 2 aliphatic rings. The Hall–Kier alpha value is -3.58. The standard InChI is InChI=1S/C21H13NO5S/c23-11-4-6-13-17(8-11)26-18-9-12(24)5-7-14(18)21(13)15-2-1-3-16(22-10-28)19(15)20(25)27-21/h1-10,23-24H,(H,22,28). The molecule has 7 heteroatoms. The van der Waals surface area contributed by atoms with E-state index in [0.717, 1.165) is 0 Å². The Balaban J connectivity index is 1.88. The Labute approximate surface area is 165 Å². The first-order valence-electron chi connectivity index (χ1n) is 8.46. The highest BCUT2D eigenvalue weighted by Gasteiger charge is 2.54. The topological polar surface area (TPSA) is 88.0 Å². The summed E-state index contributed by atoms with van der Waals surface area (Å²) >= 11 is 4.88. The lowest BCUT2D eigenvalue weighted by atomic mass is 9.77. The smallest absolute Gasteiger partial charge is 0.342 e. The van der Waals surface area contributed by atoms with Crippen molar-refractivity contribution in [3.8, 4) is 23.0 Å². The minimum absolute atomic E-state index is 0.0122. The maximum atomic E-state index is 12.9. The number of benzene rings is 3. The van der Waals surface area contributed by atoms with E-state index in [1.807, 2.05) is 6.07 Å². The molecule has 28 heavy (non-hydrogen) atoms. The summed E-state index contributed by atoms with van der Waals surface area (Å²) in [7, 11) is 0. The molecule has 0 saturated carbocycles. The van der Waals surface area contributed by atoms with Gasteiger partial charge < -0.3 is 25.0 Å². The fourth-order valence-corrected chi connectivity index (χ4v) is 4.06. The van der Waals surface area contributed by atoms with E-state index in [4.69, 9.17) is 21.7 Å². The van der Waals surface area contributed by atoms with Crippen LogP contribution in [-0.2, 0) is 10.3 Å². The van der Waals surface area contributed by atoms with Gasteiger partial charge in [0.1, 0.15) is 23.0 Å². The van der Waals surface area contributed by atoms with E-state index in [-0.39, 0.29) is 11.5 Å². The van der Waals surface area contributed by atoms with Crippen LogP contribution in [0.15, 0.2) is 54.6 Å². The van der Waals surface area contributed by atoms with E-state index in [1.54, 1.807) is 24.3 Å². The molecule has 0 atom stereocenters. The molecule has 0 unspecified atom stereocenters. The molecule has 0 aromatic heterocycles. The van der Waals surface area contributed by atoms with Crippen LogP contribution in [0.25, 0.3) is 0 Å². The molecule has 3 aromatic carbocycles. The molecule has 0 amide bonds. The number of rotatable bonds is 2. The summed E-state index contributed by atoms with van der Waals surface area (Å²) in [5, 5.41) is 22.7. The van der Waals surface area contributed by atoms with Gasteiger partial charge in [0.05, 0.1) is 16.7 Å². The van der Waals surface area contributed by atoms with Crippen LogP contribution in [0.3, 0.4) is 0 Å². The summed E-state index contributed by atoms with van der Waals surface area (Å²) in [6.07, 6.45) is 0. The van der Waals surface area contributed by atoms with Crippen molar-refractivity contribution in [2.75, 3.05) is 5.32 Å². The SMILES string of the molecule is O=C1OC2(c3ccc(O)cc3Oc3cc(O)ccc32)c2cccc(NC=S)c21. The lowest BCUT2D eigenvalue weighted by molar-refractivity contribution is 0.0224. The number of esters is 1. The molecule has 0 bridgehead atoms. The maximum absolute atomic E-state index is 12.9. The Morgan fingerprint density at radius 3 is 2.18 bits per heavy atom. The van der Waals surface area contributed by atoms with Crippen LogP contribution in [0.1, 0.15) is 27.0 Å². The van der Waals surface area contributed by atoms with Crippen LogP contribution in [0.5, 0.6) is 23.0 Å². The van der Waals surface area contributed by atoms with Crippen LogP contribution in [0.4, 0.5) is 5.69 Å². The van der Waals surface area contributed by atoms with E-state index in [1.165, 1.54) is 29.8 Å². The van der Waals surface area contributed by atoms with Crippen LogP contribution < -0.4 is 10.1 Å². The molecule has 0 aliphatic carbocycles. The van der Waals surface area contributed by atoms with Gasteiger partial charge >= 0.3 is 5.97 Å². The summed E-state index contributed by atoms with van der Waals surface area (Å²) in [5.74, 6) is 0.199. The maximum Gasteiger partial charge on any atom is 0.342 e. The number of aromatic hydroxyl groups is 2. The number of fused-ring (bicyclic) bond motifs is 6. The third-order valence-electron chi connectivity index (χ3n) is 5.02. The first-order chi connectivity index (χ1) is 13.5. The molecule has 2 aliphatic heterocycles. The molecule has 6 nitrogen and oxygen atoms in total. The molecule has 138 valence electrons. The normalized spacial score (nSPS) is 15.1. The molecule has 0 radical (unpaired) electrons. The zero-order valence-corrected chi connectivity index (χ0v) is 15.1.